The number of hydrogen-bond donors (Lipinski definition) is 0. The summed E-state index contributed by atoms with van der Waals surface area (Å²) in [4.78, 5) is 0. The van der Waals surface area contributed by atoms with Crippen LogP contribution in [0, 0.1) is 0 Å². The van der Waals surface area contributed by atoms with Crippen molar-refractivity contribution in [1.82, 2.24) is 0 Å². The first-order valence-electron chi connectivity index (χ1n) is 4.25. The molecule has 0 rings (SSSR count). The molecule has 0 aromatic carbocycles. The molecule has 66 valence electrons. The summed E-state index contributed by atoms with van der Waals surface area (Å²) in [6.07, 6.45) is 0. The minimum absolute atomic E-state index is 0.0718. The van der Waals surface area contributed by atoms with Crippen molar-refractivity contribution in [3.05, 3.63) is 0 Å². The van der Waals surface area contributed by atoms with E-state index < -0.39 is 0 Å². The summed E-state index contributed by atoms with van der Waals surface area (Å²) < 4.78 is 10.8. The van der Waals surface area contributed by atoms with E-state index in [2.05, 4.69) is 20.8 Å². The Hall–Kier alpha value is -0.0151. The van der Waals surface area contributed by atoms with Gasteiger partial charge in [-0.05, 0) is 19.2 Å². The van der Waals surface area contributed by atoms with Crippen molar-refractivity contribution in [1.29, 1.82) is 0 Å². The Morgan fingerprint density at radius 2 is 1.36 bits per heavy atom. The zero-order valence-corrected chi connectivity index (χ0v) is 8.31. The van der Waals surface area contributed by atoms with Crippen molar-refractivity contribution in [2.75, 3.05) is 13.2 Å². The molecule has 0 bridgehead atoms. The van der Waals surface area contributed by atoms with Gasteiger partial charge in [0.15, 0.2) is 0 Å². The van der Waals surface area contributed by atoms with Gasteiger partial charge in [-0.3, -0.25) is 0 Å². The van der Waals surface area contributed by atoms with Crippen molar-refractivity contribution in [3.8, 4) is 0 Å². The number of hydrogen-bond acceptors (Lipinski definition) is 2. The third-order valence-corrected chi connectivity index (χ3v) is 1.34. The summed E-state index contributed by atoms with van der Waals surface area (Å²) in [6.45, 7) is 11.7. The van der Waals surface area contributed by atoms with E-state index in [0.717, 1.165) is 0 Å². The summed E-state index contributed by atoms with van der Waals surface area (Å²) in [7, 11) is -0.0718. The summed E-state index contributed by atoms with van der Waals surface area (Å²) in [6, 6.07) is 0. The Morgan fingerprint density at radius 1 is 1.00 bits per heavy atom. The van der Waals surface area contributed by atoms with Crippen molar-refractivity contribution in [2.45, 2.75) is 39.9 Å². The summed E-state index contributed by atoms with van der Waals surface area (Å²) >= 11 is 0. The maximum atomic E-state index is 5.42. The van der Waals surface area contributed by atoms with Crippen LogP contribution in [0.1, 0.15) is 34.6 Å². The van der Waals surface area contributed by atoms with Crippen molar-refractivity contribution < 1.29 is 9.31 Å². The molecule has 0 fully saturated rings. The van der Waals surface area contributed by atoms with Gasteiger partial charge in [-0.1, -0.05) is 20.8 Å². The van der Waals surface area contributed by atoms with Gasteiger partial charge in [-0.2, -0.15) is 0 Å². The van der Waals surface area contributed by atoms with Crippen LogP contribution < -0.4 is 0 Å². The minimum atomic E-state index is -0.0718. The molecule has 0 saturated heterocycles. The molecule has 0 heterocycles. The summed E-state index contributed by atoms with van der Waals surface area (Å²) in [5.74, 6) is 0. The Morgan fingerprint density at radius 3 is 1.55 bits per heavy atom. The Kier molecular flexibility index (Phi) is 4.77. The molecule has 0 aliphatic carbocycles. The zero-order chi connectivity index (χ0) is 8.91. The lowest BCUT2D eigenvalue weighted by Gasteiger charge is -2.24. The number of rotatable bonds is 4. The second-order valence-electron chi connectivity index (χ2n) is 3.61. The van der Waals surface area contributed by atoms with Gasteiger partial charge in [0.05, 0.1) is 0 Å². The van der Waals surface area contributed by atoms with E-state index in [1.807, 2.05) is 13.8 Å². The molecule has 3 heteroatoms. The first kappa shape index (κ1) is 11.0. The highest BCUT2D eigenvalue weighted by Gasteiger charge is 2.32. The first-order chi connectivity index (χ1) is 5.02. The average molecular weight is 158 g/mol. The molecule has 0 atom stereocenters. The van der Waals surface area contributed by atoms with Crippen LogP contribution in [0.15, 0.2) is 0 Å². The maximum Gasteiger partial charge on any atom is 0.462 e. The molecule has 0 aromatic rings. The van der Waals surface area contributed by atoms with Crippen LogP contribution in [0.3, 0.4) is 0 Å². The molecule has 0 aliphatic heterocycles. The van der Waals surface area contributed by atoms with E-state index in [0.29, 0.717) is 13.2 Å². The van der Waals surface area contributed by atoms with Gasteiger partial charge in [-0.25, -0.2) is 0 Å². The monoisotopic (exact) mass is 158 g/mol. The molecule has 0 spiro atoms. The molecule has 0 unspecified atom stereocenters. The van der Waals surface area contributed by atoms with Crippen molar-refractivity contribution in [2.24, 2.45) is 0 Å². The van der Waals surface area contributed by atoms with Gasteiger partial charge in [0.1, 0.15) is 0 Å². The normalized spacial score (nSPS) is 11.7. The second kappa shape index (κ2) is 4.78. The van der Waals surface area contributed by atoms with Gasteiger partial charge < -0.3 is 9.31 Å². The van der Waals surface area contributed by atoms with Crippen molar-refractivity contribution in [3.63, 3.8) is 0 Å². The molecule has 2 nitrogen and oxygen atoms in total. The Balaban J connectivity index is 3.88. The molecular weight excluding hydrogens is 139 g/mol. The quantitative estimate of drug-likeness (QED) is 0.584. The fraction of sp³-hybridized carbons (Fsp3) is 1.00. The zero-order valence-electron chi connectivity index (χ0n) is 8.31. The van der Waals surface area contributed by atoms with Gasteiger partial charge >= 0.3 is 7.12 Å². The van der Waals surface area contributed by atoms with Crippen LogP contribution in [-0.2, 0) is 9.31 Å². The van der Waals surface area contributed by atoms with Gasteiger partial charge in [0.2, 0.25) is 0 Å². The SMILES string of the molecule is CCOB(OCC)C(C)(C)C. The van der Waals surface area contributed by atoms with Crippen molar-refractivity contribution >= 4 is 7.12 Å². The van der Waals surface area contributed by atoms with Crippen LogP contribution in [0.25, 0.3) is 0 Å². The van der Waals surface area contributed by atoms with Gasteiger partial charge in [0, 0.05) is 13.2 Å². The van der Waals surface area contributed by atoms with E-state index >= 15 is 0 Å². The first-order valence-corrected chi connectivity index (χ1v) is 4.25. The van der Waals surface area contributed by atoms with Crippen LogP contribution >= 0.6 is 0 Å². The second-order valence-corrected chi connectivity index (χ2v) is 3.61. The molecule has 0 radical (unpaired) electrons. The lowest BCUT2D eigenvalue weighted by atomic mass is 9.61. The lowest BCUT2D eigenvalue weighted by molar-refractivity contribution is 0.193. The highest BCUT2D eigenvalue weighted by Crippen LogP contribution is 2.27. The lowest BCUT2D eigenvalue weighted by Crippen LogP contribution is -2.33. The predicted octanol–water partition coefficient (Wildman–Crippen LogP) is 2.35. The van der Waals surface area contributed by atoms with E-state index in [9.17, 15) is 0 Å². The molecule has 11 heavy (non-hydrogen) atoms. The molecule has 0 amide bonds. The molecular formula is C8H19BO2. The van der Waals surface area contributed by atoms with Gasteiger partial charge in [0.25, 0.3) is 0 Å². The van der Waals surface area contributed by atoms with E-state index in [-0.39, 0.29) is 12.4 Å². The highest BCUT2D eigenvalue weighted by atomic mass is 16.6. The molecule has 0 N–H and O–H groups in total. The average Bonchev–Trinajstić information content (AvgIpc) is 1.85. The highest BCUT2D eigenvalue weighted by molar-refractivity contribution is 6.48. The molecule has 0 aliphatic rings. The van der Waals surface area contributed by atoms with Crippen LogP contribution in [-0.4, -0.2) is 20.3 Å². The van der Waals surface area contributed by atoms with Crippen LogP contribution in [0.2, 0.25) is 5.31 Å². The van der Waals surface area contributed by atoms with E-state index in [1.54, 1.807) is 0 Å². The van der Waals surface area contributed by atoms with Gasteiger partial charge in [-0.15, -0.1) is 0 Å². The van der Waals surface area contributed by atoms with E-state index in [1.165, 1.54) is 0 Å². The molecule has 0 saturated carbocycles. The Labute approximate surface area is 70.4 Å². The van der Waals surface area contributed by atoms with Crippen LogP contribution in [0.4, 0.5) is 0 Å². The molecule has 0 aromatic heterocycles. The topological polar surface area (TPSA) is 18.5 Å². The fourth-order valence-electron chi connectivity index (χ4n) is 0.851. The standard InChI is InChI=1S/C8H19BO2/c1-6-10-9(11-7-2)8(3,4)5/h6-7H2,1-5H3. The summed E-state index contributed by atoms with van der Waals surface area (Å²) in [5.41, 5.74) is 0. The summed E-state index contributed by atoms with van der Waals surface area (Å²) in [5, 5.41) is 0.0754. The maximum absolute atomic E-state index is 5.42. The predicted molar refractivity (Wildman–Crippen MR) is 48.7 cm³/mol. The third-order valence-electron chi connectivity index (χ3n) is 1.34. The smallest absolute Gasteiger partial charge is 0.411 e. The van der Waals surface area contributed by atoms with Crippen LogP contribution in [0.5, 0.6) is 0 Å². The minimum Gasteiger partial charge on any atom is -0.411 e. The largest absolute Gasteiger partial charge is 0.462 e. The third kappa shape index (κ3) is 4.43. The fourth-order valence-corrected chi connectivity index (χ4v) is 0.851. The Bertz CT molecular complexity index is 92.8. The van der Waals surface area contributed by atoms with E-state index in [4.69, 9.17) is 9.31 Å².